The fraction of sp³-hybridized carbons (Fsp3) is 0.259. The van der Waals surface area contributed by atoms with Gasteiger partial charge in [-0.2, -0.15) is 5.10 Å². The summed E-state index contributed by atoms with van der Waals surface area (Å²) >= 11 is 6.37. The fourth-order valence-corrected chi connectivity index (χ4v) is 4.76. The molecule has 5 rings (SSSR count). The molecule has 0 atom stereocenters. The number of benzene rings is 2. The summed E-state index contributed by atoms with van der Waals surface area (Å²) in [5, 5.41) is 11.5. The number of methoxy groups -OCH3 is 1. The lowest BCUT2D eigenvalue weighted by Gasteiger charge is -2.12. The first-order valence-corrected chi connectivity index (χ1v) is 12.3. The molecule has 184 valence electrons. The first kappa shape index (κ1) is 23.8. The van der Waals surface area contributed by atoms with Crippen molar-refractivity contribution in [2.45, 2.75) is 32.2 Å². The van der Waals surface area contributed by atoms with Gasteiger partial charge in [0, 0.05) is 23.9 Å². The number of hydrogen-bond acceptors (Lipinski definition) is 5. The number of pyridine rings is 1. The Balaban J connectivity index is 1.34. The van der Waals surface area contributed by atoms with Crippen LogP contribution in [0.4, 0.5) is 5.69 Å². The van der Waals surface area contributed by atoms with Crippen molar-refractivity contribution in [3.05, 3.63) is 77.1 Å². The summed E-state index contributed by atoms with van der Waals surface area (Å²) in [4.78, 5) is 29.8. The van der Waals surface area contributed by atoms with Gasteiger partial charge in [0.15, 0.2) is 0 Å². The Morgan fingerprint density at radius 3 is 2.69 bits per heavy atom. The van der Waals surface area contributed by atoms with E-state index in [1.54, 1.807) is 42.4 Å². The van der Waals surface area contributed by atoms with Gasteiger partial charge < -0.3 is 15.4 Å². The largest absolute Gasteiger partial charge is 0.481 e. The van der Waals surface area contributed by atoms with E-state index < -0.39 is 0 Å². The molecule has 1 fully saturated rings. The summed E-state index contributed by atoms with van der Waals surface area (Å²) in [7, 11) is 1.56. The molecule has 0 spiro atoms. The van der Waals surface area contributed by atoms with Crippen molar-refractivity contribution in [2.24, 2.45) is 5.92 Å². The number of halogens is 1. The molecule has 1 aliphatic rings. The minimum atomic E-state index is -0.338. The molecule has 0 unspecified atom stereocenters. The van der Waals surface area contributed by atoms with Crippen LogP contribution in [0.15, 0.2) is 60.9 Å². The zero-order valence-electron chi connectivity index (χ0n) is 19.8. The number of nitrogens with one attached hydrogen (secondary N) is 2. The van der Waals surface area contributed by atoms with E-state index >= 15 is 0 Å². The Morgan fingerprint density at radius 2 is 1.94 bits per heavy atom. The molecule has 2 aromatic carbocycles. The lowest BCUT2D eigenvalue weighted by atomic mass is 10.1. The topological polar surface area (TPSA) is 98.1 Å². The van der Waals surface area contributed by atoms with Gasteiger partial charge in [-0.15, -0.1) is 0 Å². The van der Waals surface area contributed by atoms with Crippen LogP contribution in [-0.2, 0) is 11.3 Å². The molecule has 2 heterocycles. The van der Waals surface area contributed by atoms with Crippen molar-refractivity contribution < 1.29 is 14.3 Å². The molecule has 8 nitrogen and oxygen atoms in total. The van der Waals surface area contributed by atoms with Crippen LogP contribution >= 0.6 is 11.6 Å². The molecule has 0 aliphatic heterocycles. The van der Waals surface area contributed by atoms with E-state index in [0.717, 1.165) is 47.8 Å². The lowest BCUT2D eigenvalue weighted by molar-refractivity contribution is -0.124. The van der Waals surface area contributed by atoms with Crippen molar-refractivity contribution in [3.8, 4) is 11.6 Å². The monoisotopic (exact) mass is 503 g/mol. The third kappa shape index (κ3) is 4.90. The lowest BCUT2D eigenvalue weighted by Crippen LogP contribution is -2.28. The molecular weight excluding hydrogens is 478 g/mol. The van der Waals surface area contributed by atoms with Gasteiger partial charge in [-0.25, -0.2) is 9.67 Å². The minimum absolute atomic E-state index is 0.0733. The van der Waals surface area contributed by atoms with Crippen molar-refractivity contribution >= 4 is 40.0 Å². The van der Waals surface area contributed by atoms with Gasteiger partial charge in [-0.1, -0.05) is 36.6 Å². The standard InChI is InChI=1S/C27H26ClN5O3/c1-36-25-12-10-19(15-29-25)33-24-8-4-7-23(21(24)16-31-33)32-27(35)20-13-17(9-11-22(20)28)14-30-26(34)18-5-2-3-6-18/h4,7-13,15-16,18H,2-3,5-6,14H2,1H3,(H,30,34)(H,32,35). The molecule has 1 aliphatic carbocycles. The summed E-state index contributed by atoms with van der Waals surface area (Å²) < 4.78 is 6.88. The van der Waals surface area contributed by atoms with Gasteiger partial charge >= 0.3 is 0 Å². The third-order valence-corrected chi connectivity index (χ3v) is 6.83. The number of aromatic nitrogens is 3. The second kappa shape index (κ2) is 10.4. The van der Waals surface area contributed by atoms with Crippen LogP contribution in [0.5, 0.6) is 5.88 Å². The Labute approximate surface area is 213 Å². The third-order valence-electron chi connectivity index (χ3n) is 6.50. The van der Waals surface area contributed by atoms with Crippen LogP contribution in [0.3, 0.4) is 0 Å². The van der Waals surface area contributed by atoms with E-state index in [1.165, 1.54) is 0 Å². The van der Waals surface area contributed by atoms with Gasteiger partial charge in [0.05, 0.1) is 47.0 Å². The maximum Gasteiger partial charge on any atom is 0.257 e. The summed E-state index contributed by atoms with van der Waals surface area (Å²) in [5.74, 6) is 0.343. The average Bonchev–Trinajstić information content (AvgIpc) is 3.59. The highest BCUT2D eigenvalue weighted by Crippen LogP contribution is 2.28. The average molecular weight is 504 g/mol. The fourth-order valence-electron chi connectivity index (χ4n) is 4.55. The molecule has 2 amide bonds. The number of rotatable bonds is 7. The minimum Gasteiger partial charge on any atom is -0.481 e. The molecule has 36 heavy (non-hydrogen) atoms. The van der Waals surface area contributed by atoms with Crippen molar-refractivity contribution in [1.29, 1.82) is 0 Å². The number of anilines is 1. The van der Waals surface area contributed by atoms with Gasteiger partial charge in [-0.05, 0) is 48.7 Å². The van der Waals surface area contributed by atoms with E-state index in [-0.39, 0.29) is 17.7 Å². The zero-order chi connectivity index (χ0) is 25.1. The van der Waals surface area contributed by atoms with E-state index in [0.29, 0.717) is 28.7 Å². The summed E-state index contributed by atoms with van der Waals surface area (Å²) in [6, 6.07) is 14.4. The quantitative estimate of drug-likeness (QED) is 0.364. The number of hydrogen-bond donors (Lipinski definition) is 2. The van der Waals surface area contributed by atoms with Crippen LogP contribution in [0.1, 0.15) is 41.6 Å². The Kier molecular flexibility index (Phi) is 6.86. The van der Waals surface area contributed by atoms with Crippen molar-refractivity contribution in [2.75, 3.05) is 12.4 Å². The smallest absolute Gasteiger partial charge is 0.257 e. The molecule has 0 radical (unpaired) electrons. The molecule has 0 saturated heterocycles. The number of amides is 2. The van der Waals surface area contributed by atoms with Crippen LogP contribution in [0, 0.1) is 5.92 Å². The highest BCUT2D eigenvalue weighted by Gasteiger charge is 2.22. The maximum atomic E-state index is 13.2. The van der Waals surface area contributed by atoms with Gasteiger partial charge in [0.1, 0.15) is 0 Å². The van der Waals surface area contributed by atoms with Crippen LogP contribution in [0.25, 0.3) is 16.6 Å². The van der Waals surface area contributed by atoms with Crippen molar-refractivity contribution in [1.82, 2.24) is 20.1 Å². The number of fused-ring (bicyclic) bond motifs is 1. The van der Waals surface area contributed by atoms with Crippen molar-refractivity contribution in [3.63, 3.8) is 0 Å². The molecule has 1 saturated carbocycles. The normalized spacial score (nSPS) is 13.6. The second-order valence-electron chi connectivity index (χ2n) is 8.82. The molecule has 9 heteroatoms. The molecule has 4 aromatic rings. The van der Waals surface area contributed by atoms with Gasteiger partial charge in [-0.3, -0.25) is 9.59 Å². The zero-order valence-corrected chi connectivity index (χ0v) is 20.6. The van der Waals surface area contributed by atoms with E-state index in [9.17, 15) is 9.59 Å². The van der Waals surface area contributed by atoms with E-state index in [2.05, 4.69) is 20.7 Å². The van der Waals surface area contributed by atoms with E-state index in [1.807, 2.05) is 30.3 Å². The number of carbonyl (C=O) groups excluding carboxylic acids is 2. The first-order valence-electron chi connectivity index (χ1n) is 11.9. The Hall–Kier alpha value is -3.91. The van der Waals surface area contributed by atoms with Crippen LogP contribution in [0.2, 0.25) is 5.02 Å². The van der Waals surface area contributed by atoms with Gasteiger partial charge in [0.25, 0.3) is 5.91 Å². The molecule has 2 N–H and O–H groups in total. The predicted molar refractivity (Wildman–Crippen MR) is 139 cm³/mol. The maximum absolute atomic E-state index is 13.2. The van der Waals surface area contributed by atoms with Crippen LogP contribution < -0.4 is 15.4 Å². The molecule has 2 aromatic heterocycles. The molecule has 0 bridgehead atoms. The second-order valence-corrected chi connectivity index (χ2v) is 9.23. The number of carbonyl (C=O) groups is 2. The number of nitrogens with zero attached hydrogens (tertiary/aromatic N) is 3. The first-order chi connectivity index (χ1) is 17.5. The summed E-state index contributed by atoms with van der Waals surface area (Å²) in [6.07, 6.45) is 7.46. The Morgan fingerprint density at radius 1 is 1.11 bits per heavy atom. The number of ether oxygens (including phenoxy) is 1. The van der Waals surface area contributed by atoms with Gasteiger partial charge in [0.2, 0.25) is 11.8 Å². The van der Waals surface area contributed by atoms with Crippen LogP contribution in [-0.4, -0.2) is 33.7 Å². The SMILES string of the molecule is COc1ccc(-n2ncc3c(NC(=O)c4cc(CNC(=O)C5CCCC5)ccc4Cl)cccc32)cn1. The summed E-state index contributed by atoms with van der Waals surface area (Å²) in [6.45, 7) is 0.352. The van der Waals surface area contributed by atoms with E-state index in [4.69, 9.17) is 16.3 Å². The molecular formula is C27H26ClN5O3. The summed E-state index contributed by atoms with van der Waals surface area (Å²) in [5.41, 5.74) is 3.35. The predicted octanol–water partition coefficient (Wildman–Crippen LogP) is 5.14. The highest BCUT2D eigenvalue weighted by atomic mass is 35.5. The highest BCUT2D eigenvalue weighted by molar-refractivity contribution is 6.34. The Bertz CT molecular complexity index is 1410.